The van der Waals surface area contributed by atoms with Crippen molar-refractivity contribution in [2.75, 3.05) is 33.4 Å². The molecule has 7 heteroatoms. The predicted octanol–water partition coefficient (Wildman–Crippen LogP) is 1.16. The van der Waals surface area contributed by atoms with Gasteiger partial charge in [-0.15, -0.1) is 0 Å². The van der Waals surface area contributed by atoms with Crippen molar-refractivity contribution in [3.63, 3.8) is 0 Å². The molecule has 0 aliphatic carbocycles. The molecule has 1 aromatic rings. The number of methoxy groups -OCH3 is 1. The molecule has 1 saturated heterocycles. The van der Waals surface area contributed by atoms with Crippen molar-refractivity contribution in [3.05, 3.63) is 17.5 Å². The largest absolute Gasteiger partial charge is 0.385 e. The number of carbonyl (C=O) groups is 1. The van der Waals surface area contributed by atoms with Crippen LogP contribution in [0.5, 0.6) is 0 Å². The van der Waals surface area contributed by atoms with Crippen molar-refractivity contribution < 1.29 is 14.3 Å². The quantitative estimate of drug-likeness (QED) is 0.856. The smallest absolute Gasteiger partial charge is 0.317 e. The molecule has 22 heavy (non-hydrogen) atoms. The number of rotatable bonds is 6. The van der Waals surface area contributed by atoms with Crippen molar-refractivity contribution in [2.24, 2.45) is 0 Å². The van der Waals surface area contributed by atoms with E-state index in [-0.39, 0.29) is 12.1 Å². The molecular weight excluding hydrogens is 284 g/mol. The lowest BCUT2D eigenvalue weighted by molar-refractivity contribution is -0.0276. The number of aromatic nitrogens is 2. The highest BCUT2D eigenvalue weighted by Crippen LogP contribution is 2.10. The second-order valence-electron chi connectivity index (χ2n) is 5.45. The maximum Gasteiger partial charge on any atom is 0.317 e. The van der Waals surface area contributed by atoms with Crippen LogP contribution in [-0.4, -0.2) is 60.2 Å². The van der Waals surface area contributed by atoms with Crippen molar-refractivity contribution in [2.45, 2.75) is 39.5 Å². The third kappa shape index (κ3) is 4.20. The van der Waals surface area contributed by atoms with Gasteiger partial charge in [-0.3, -0.25) is 4.68 Å². The zero-order chi connectivity index (χ0) is 15.9. The second kappa shape index (κ2) is 8.14. The zero-order valence-corrected chi connectivity index (χ0v) is 13.7. The lowest BCUT2D eigenvalue weighted by Gasteiger charge is -2.32. The van der Waals surface area contributed by atoms with E-state index in [1.165, 1.54) is 0 Å². The summed E-state index contributed by atoms with van der Waals surface area (Å²) in [4.78, 5) is 14.1. The number of hydrogen-bond acceptors (Lipinski definition) is 4. The van der Waals surface area contributed by atoms with Crippen LogP contribution in [0, 0.1) is 6.92 Å². The van der Waals surface area contributed by atoms with Crippen LogP contribution in [0.15, 0.2) is 6.20 Å². The molecule has 1 fully saturated rings. The Balaban J connectivity index is 1.82. The monoisotopic (exact) mass is 310 g/mol. The average Bonchev–Trinajstić information content (AvgIpc) is 2.91. The number of nitrogens with one attached hydrogen (secondary N) is 1. The van der Waals surface area contributed by atoms with Crippen LogP contribution in [0.2, 0.25) is 0 Å². The Bertz CT molecular complexity index is 489. The Kier molecular flexibility index (Phi) is 6.21. The number of hydrogen-bond donors (Lipinski definition) is 1. The van der Waals surface area contributed by atoms with Gasteiger partial charge in [0.25, 0.3) is 0 Å². The van der Waals surface area contributed by atoms with E-state index < -0.39 is 0 Å². The number of nitrogens with zero attached hydrogens (tertiary/aromatic N) is 3. The van der Waals surface area contributed by atoms with Gasteiger partial charge in [-0.05, 0) is 20.3 Å². The Hall–Kier alpha value is -1.60. The summed E-state index contributed by atoms with van der Waals surface area (Å²) in [5, 5.41) is 7.26. The molecule has 0 spiro atoms. The van der Waals surface area contributed by atoms with Crippen LogP contribution < -0.4 is 5.32 Å². The van der Waals surface area contributed by atoms with Crippen LogP contribution in [-0.2, 0) is 22.6 Å². The maximum absolute atomic E-state index is 12.3. The molecule has 2 heterocycles. The first-order valence-corrected chi connectivity index (χ1v) is 7.80. The third-order valence-electron chi connectivity index (χ3n) is 4.00. The number of morpholine rings is 1. The summed E-state index contributed by atoms with van der Waals surface area (Å²) in [6.07, 6.45) is 2.69. The molecular formula is C15H26N4O3. The van der Waals surface area contributed by atoms with E-state index >= 15 is 0 Å². The molecule has 124 valence electrons. The van der Waals surface area contributed by atoms with E-state index in [1.54, 1.807) is 7.11 Å². The first-order valence-electron chi connectivity index (χ1n) is 7.80. The van der Waals surface area contributed by atoms with E-state index in [1.807, 2.05) is 22.7 Å². The summed E-state index contributed by atoms with van der Waals surface area (Å²) in [5.74, 6) is 0. The van der Waals surface area contributed by atoms with Gasteiger partial charge in [0.15, 0.2) is 0 Å². The van der Waals surface area contributed by atoms with Crippen LogP contribution in [0.4, 0.5) is 4.79 Å². The van der Waals surface area contributed by atoms with E-state index in [4.69, 9.17) is 9.47 Å². The van der Waals surface area contributed by atoms with Crippen molar-refractivity contribution in [1.82, 2.24) is 20.0 Å². The average molecular weight is 310 g/mol. The molecule has 7 nitrogen and oxygen atoms in total. The molecule has 0 aromatic carbocycles. The highest BCUT2D eigenvalue weighted by atomic mass is 16.5. The molecule has 0 unspecified atom stereocenters. The van der Waals surface area contributed by atoms with Crippen LogP contribution in [0.1, 0.15) is 24.6 Å². The molecule has 0 saturated carbocycles. The molecule has 2 rings (SSSR count). The van der Waals surface area contributed by atoms with Crippen LogP contribution >= 0.6 is 0 Å². The Labute approximate surface area is 131 Å². The molecule has 1 aliphatic heterocycles. The van der Waals surface area contributed by atoms with Gasteiger partial charge in [0.2, 0.25) is 0 Å². The normalized spacial score (nSPS) is 18.5. The number of amides is 2. The standard InChI is InChI=1S/C15H26N4O3/c1-4-19-12(2)13(10-17-19)9-16-15(20)18-6-8-22-14(11-18)5-7-21-3/h10,14H,4-9,11H2,1-3H3,(H,16,20)/t14-/m0/s1. The van der Waals surface area contributed by atoms with Gasteiger partial charge in [0.1, 0.15) is 0 Å². The minimum atomic E-state index is -0.0469. The lowest BCUT2D eigenvalue weighted by Crippen LogP contribution is -2.49. The SMILES string of the molecule is CCn1ncc(CNC(=O)N2CCO[C@@H](CCOC)C2)c1C. The summed E-state index contributed by atoms with van der Waals surface area (Å²) < 4.78 is 12.6. The molecule has 1 atom stereocenters. The first kappa shape index (κ1) is 16.8. The summed E-state index contributed by atoms with van der Waals surface area (Å²) >= 11 is 0. The number of urea groups is 1. The van der Waals surface area contributed by atoms with E-state index in [0.717, 1.165) is 24.2 Å². The fourth-order valence-electron chi connectivity index (χ4n) is 2.59. The topological polar surface area (TPSA) is 68.6 Å². The van der Waals surface area contributed by atoms with E-state index in [9.17, 15) is 4.79 Å². The summed E-state index contributed by atoms with van der Waals surface area (Å²) in [6.45, 7) is 7.88. The van der Waals surface area contributed by atoms with Gasteiger partial charge in [0, 0.05) is 51.2 Å². The van der Waals surface area contributed by atoms with Gasteiger partial charge in [-0.2, -0.15) is 5.10 Å². The highest BCUT2D eigenvalue weighted by molar-refractivity contribution is 5.74. The molecule has 1 aromatic heterocycles. The van der Waals surface area contributed by atoms with Gasteiger partial charge in [-0.1, -0.05) is 0 Å². The van der Waals surface area contributed by atoms with E-state index in [0.29, 0.717) is 32.8 Å². The van der Waals surface area contributed by atoms with Crippen molar-refractivity contribution >= 4 is 6.03 Å². The second-order valence-corrected chi connectivity index (χ2v) is 5.45. The van der Waals surface area contributed by atoms with Gasteiger partial charge >= 0.3 is 6.03 Å². The summed E-state index contributed by atoms with van der Waals surface area (Å²) in [5.41, 5.74) is 2.15. The fourth-order valence-corrected chi connectivity index (χ4v) is 2.59. The van der Waals surface area contributed by atoms with Crippen LogP contribution in [0.25, 0.3) is 0 Å². The maximum atomic E-state index is 12.3. The zero-order valence-electron chi connectivity index (χ0n) is 13.7. The molecule has 2 amide bonds. The Morgan fingerprint density at radius 1 is 1.59 bits per heavy atom. The summed E-state index contributed by atoms with van der Waals surface area (Å²) in [6, 6.07) is -0.0469. The predicted molar refractivity (Wildman–Crippen MR) is 82.7 cm³/mol. The molecule has 1 aliphatic rings. The van der Waals surface area contributed by atoms with Crippen molar-refractivity contribution in [3.8, 4) is 0 Å². The lowest BCUT2D eigenvalue weighted by atomic mass is 10.2. The number of carbonyl (C=O) groups excluding carboxylic acids is 1. The van der Waals surface area contributed by atoms with Gasteiger partial charge < -0.3 is 19.7 Å². The van der Waals surface area contributed by atoms with Gasteiger partial charge in [0.05, 0.1) is 18.9 Å². The summed E-state index contributed by atoms with van der Waals surface area (Å²) in [7, 11) is 1.67. The molecule has 1 N–H and O–H groups in total. The number of ether oxygens (including phenoxy) is 2. The highest BCUT2D eigenvalue weighted by Gasteiger charge is 2.24. The van der Waals surface area contributed by atoms with Gasteiger partial charge in [-0.25, -0.2) is 4.79 Å². The molecule has 0 radical (unpaired) electrons. The minimum absolute atomic E-state index is 0.0469. The third-order valence-corrected chi connectivity index (χ3v) is 4.00. The Morgan fingerprint density at radius 3 is 3.09 bits per heavy atom. The fraction of sp³-hybridized carbons (Fsp3) is 0.733. The Morgan fingerprint density at radius 2 is 2.41 bits per heavy atom. The first-order chi connectivity index (χ1) is 10.7. The van der Waals surface area contributed by atoms with E-state index in [2.05, 4.69) is 17.3 Å². The molecule has 0 bridgehead atoms. The minimum Gasteiger partial charge on any atom is -0.385 e. The number of aryl methyl sites for hydroxylation is 1. The van der Waals surface area contributed by atoms with Crippen LogP contribution in [0.3, 0.4) is 0 Å². The van der Waals surface area contributed by atoms with Crippen molar-refractivity contribution in [1.29, 1.82) is 0 Å².